The molecule has 6 nitrogen and oxygen atoms in total. The fourth-order valence-electron chi connectivity index (χ4n) is 2.69. The molecule has 2 heterocycles. The Kier molecular flexibility index (Phi) is 6.14. The van der Waals surface area contributed by atoms with Gasteiger partial charge in [-0.05, 0) is 18.9 Å². The normalized spacial score (nSPS) is 23.9. The van der Waals surface area contributed by atoms with Crippen molar-refractivity contribution in [3.8, 4) is 0 Å². The number of nitrogens with zero attached hydrogens (tertiary/aromatic N) is 4. The summed E-state index contributed by atoms with van der Waals surface area (Å²) in [6.07, 6.45) is 3.61. The topological polar surface area (TPSA) is 55.2 Å². The lowest BCUT2D eigenvalue weighted by atomic mass is 9.96. The van der Waals surface area contributed by atoms with Crippen molar-refractivity contribution in [2.75, 3.05) is 26.7 Å². The summed E-state index contributed by atoms with van der Waals surface area (Å²) in [6.45, 7) is 11.4. The fraction of sp³-hybridized carbons (Fsp3) is 0.867. The lowest BCUT2D eigenvalue weighted by Crippen LogP contribution is -2.44. The Morgan fingerprint density at radius 3 is 2.95 bits per heavy atom. The van der Waals surface area contributed by atoms with Gasteiger partial charge in [-0.1, -0.05) is 26.0 Å². The lowest BCUT2D eigenvalue weighted by molar-refractivity contribution is -0.00598. The molecule has 1 aliphatic heterocycles. The second-order valence-corrected chi connectivity index (χ2v) is 6.35. The van der Waals surface area contributed by atoms with Gasteiger partial charge in [0, 0.05) is 39.0 Å². The Morgan fingerprint density at radius 2 is 2.24 bits per heavy atom. The minimum atomic E-state index is 0.361. The van der Waals surface area contributed by atoms with E-state index in [-0.39, 0.29) is 0 Å². The van der Waals surface area contributed by atoms with Crippen molar-refractivity contribution in [1.29, 1.82) is 0 Å². The molecule has 0 amide bonds. The molecule has 2 rings (SSSR count). The Labute approximate surface area is 127 Å². The number of ether oxygens (including phenoxy) is 1. The Morgan fingerprint density at radius 1 is 1.43 bits per heavy atom. The number of piperidine rings is 1. The van der Waals surface area contributed by atoms with E-state index in [1.165, 1.54) is 6.42 Å². The van der Waals surface area contributed by atoms with Crippen LogP contribution in [0.3, 0.4) is 0 Å². The molecular weight excluding hydrogens is 266 g/mol. The van der Waals surface area contributed by atoms with Crippen molar-refractivity contribution in [2.24, 2.45) is 5.92 Å². The number of rotatable bonds is 7. The quantitative estimate of drug-likeness (QED) is 0.817. The predicted molar refractivity (Wildman–Crippen MR) is 83.0 cm³/mol. The van der Waals surface area contributed by atoms with Crippen LogP contribution in [-0.4, -0.2) is 58.8 Å². The van der Waals surface area contributed by atoms with E-state index in [2.05, 4.69) is 41.3 Å². The minimum Gasteiger partial charge on any atom is -0.380 e. The summed E-state index contributed by atoms with van der Waals surface area (Å²) in [4.78, 5) is 2.46. The molecule has 1 aromatic heterocycles. The van der Waals surface area contributed by atoms with Crippen molar-refractivity contribution in [1.82, 2.24) is 25.2 Å². The summed E-state index contributed by atoms with van der Waals surface area (Å²) in [6, 6.07) is 0.469. The molecule has 120 valence electrons. The Hall–Kier alpha value is -0.980. The molecular formula is C15H29N5O. The van der Waals surface area contributed by atoms with E-state index >= 15 is 0 Å². The first kappa shape index (κ1) is 16.4. The highest BCUT2D eigenvalue weighted by Crippen LogP contribution is 2.19. The third-order valence-corrected chi connectivity index (χ3v) is 4.20. The SMILES string of the molecule is COC1CN(CCn2cc(CNC(C)C)nn2)CCC1C. The monoisotopic (exact) mass is 295 g/mol. The number of hydrogen-bond donors (Lipinski definition) is 1. The van der Waals surface area contributed by atoms with Gasteiger partial charge in [-0.3, -0.25) is 9.58 Å². The van der Waals surface area contributed by atoms with Gasteiger partial charge in [0.1, 0.15) is 0 Å². The van der Waals surface area contributed by atoms with Gasteiger partial charge in [-0.2, -0.15) is 0 Å². The highest BCUT2D eigenvalue weighted by molar-refractivity contribution is 4.92. The molecule has 0 saturated carbocycles. The summed E-state index contributed by atoms with van der Waals surface area (Å²) >= 11 is 0. The molecule has 0 bridgehead atoms. The van der Waals surface area contributed by atoms with Crippen LogP contribution in [0.2, 0.25) is 0 Å². The highest BCUT2D eigenvalue weighted by atomic mass is 16.5. The molecule has 21 heavy (non-hydrogen) atoms. The summed E-state index contributed by atoms with van der Waals surface area (Å²) < 4.78 is 7.50. The van der Waals surface area contributed by atoms with Gasteiger partial charge in [-0.25, -0.2) is 0 Å². The second-order valence-electron chi connectivity index (χ2n) is 6.35. The average Bonchev–Trinajstić information content (AvgIpc) is 2.92. The average molecular weight is 295 g/mol. The molecule has 1 N–H and O–H groups in total. The van der Waals surface area contributed by atoms with Crippen LogP contribution in [-0.2, 0) is 17.8 Å². The first-order chi connectivity index (χ1) is 10.1. The predicted octanol–water partition coefficient (Wildman–Crippen LogP) is 1.13. The summed E-state index contributed by atoms with van der Waals surface area (Å²) in [5, 5.41) is 11.8. The number of nitrogens with one attached hydrogen (secondary N) is 1. The maximum atomic E-state index is 5.56. The van der Waals surface area contributed by atoms with Gasteiger partial charge < -0.3 is 10.1 Å². The summed E-state index contributed by atoms with van der Waals surface area (Å²) in [5.74, 6) is 0.659. The molecule has 0 spiro atoms. The third-order valence-electron chi connectivity index (χ3n) is 4.20. The Bertz CT molecular complexity index is 420. The number of methoxy groups -OCH3 is 1. The van der Waals surface area contributed by atoms with E-state index in [1.54, 1.807) is 0 Å². The first-order valence-corrected chi connectivity index (χ1v) is 7.96. The highest BCUT2D eigenvalue weighted by Gasteiger charge is 2.25. The maximum Gasteiger partial charge on any atom is 0.0964 e. The van der Waals surface area contributed by atoms with Crippen LogP contribution in [0, 0.1) is 5.92 Å². The number of aromatic nitrogens is 3. The van der Waals surface area contributed by atoms with Crippen molar-refractivity contribution < 1.29 is 4.74 Å². The van der Waals surface area contributed by atoms with Crippen molar-refractivity contribution >= 4 is 0 Å². The largest absolute Gasteiger partial charge is 0.380 e. The van der Waals surface area contributed by atoms with Crippen LogP contribution >= 0.6 is 0 Å². The first-order valence-electron chi connectivity index (χ1n) is 7.96. The van der Waals surface area contributed by atoms with Gasteiger partial charge >= 0.3 is 0 Å². The fourth-order valence-corrected chi connectivity index (χ4v) is 2.69. The van der Waals surface area contributed by atoms with Gasteiger partial charge in [0.05, 0.1) is 18.3 Å². The smallest absolute Gasteiger partial charge is 0.0964 e. The number of hydrogen-bond acceptors (Lipinski definition) is 5. The minimum absolute atomic E-state index is 0.361. The van der Waals surface area contributed by atoms with E-state index in [4.69, 9.17) is 4.74 Å². The van der Waals surface area contributed by atoms with Gasteiger partial charge in [0.2, 0.25) is 0 Å². The zero-order valence-electron chi connectivity index (χ0n) is 13.7. The van der Waals surface area contributed by atoms with Gasteiger partial charge in [-0.15, -0.1) is 5.10 Å². The molecule has 1 aromatic rings. The zero-order valence-corrected chi connectivity index (χ0v) is 13.7. The standard InChI is InChI=1S/C15H29N5O/c1-12(2)16-9-14-10-20(18-17-14)8-7-19-6-5-13(3)15(11-19)21-4/h10,12-13,15-16H,5-9,11H2,1-4H3. The molecule has 2 unspecified atom stereocenters. The molecule has 1 fully saturated rings. The van der Waals surface area contributed by atoms with Crippen molar-refractivity contribution in [3.63, 3.8) is 0 Å². The van der Waals surface area contributed by atoms with E-state index in [9.17, 15) is 0 Å². The van der Waals surface area contributed by atoms with E-state index < -0.39 is 0 Å². The van der Waals surface area contributed by atoms with Crippen LogP contribution in [0.5, 0.6) is 0 Å². The van der Waals surface area contributed by atoms with E-state index in [0.717, 1.165) is 38.4 Å². The second kappa shape index (κ2) is 7.87. The van der Waals surface area contributed by atoms with Crippen LogP contribution in [0.15, 0.2) is 6.20 Å². The van der Waals surface area contributed by atoms with Crippen molar-refractivity contribution in [3.05, 3.63) is 11.9 Å². The summed E-state index contributed by atoms with van der Waals surface area (Å²) in [7, 11) is 1.82. The molecule has 1 saturated heterocycles. The van der Waals surface area contributed by atoms with Crippen LogP contribution < -0.4 is 5.32 Å². The van der Waals surface area contributed by atoms with Gasteiger partial charge in [0.25, 0.3) is 0 Å². The molecule has 0 aliphatic carbocycles. The van der Waals surface area contributed by atoms with Gasteiger partial charge in [0.15, 0.2) is 0 Å². The third kappa shape index (κ3) is 5.05. The molecule has 0 radical (unpaired) electrons. The van der Waals surface area contributed by atoms with Crippen LogP contribution in [0.1, 0.15) is 32.9 Å². The summed E-state index contributed by atoms with van der Waals surface area (Å²) in [5.41, 5.74) is 1.01. The molecule has 0 aromatic carbocycles. The van der Waals surface area contributed by atoms with E-state index in [0.29, 0.717) is 18.1 Å². The molecule has 6 heteroatoms. The lowest BCUT2D eigenvalue weighted by Gasteiger charge is -2.36. The zero-order chi connectivity index (χ0) is 15.2. The van der Waals surface area contributed by atoms with Crippen molar-refractivity contribution in [2.45, 2.75) is 52.4 Å². The molecule has 2 atom stereocenters. The van der Waals surface area contributed by atoms with Crippen LogP contribution in [0.4, 0.5) is 0 Å². The maximum absolute atomic E-state index is 5.56. The van der Waals surface area contributed by atoms with E-state index in [1.807, 2.05) is 18.0 Å². The molecule has 1 aliphatic rings. The number of likely N-dealkylation sites (tertiary alicyclic amines) is 1. The Balaban J connectivity index is 1.75. The van der Waals surface area contributed by atoms with Crippen LogP contribution in [0.25, 0.3) is 0 Å².